The number of thiophene rings is 2. The highest BCUT2D eigenvalue weighted by atomic mass is 79.9. The summed E-state index contributed by atoms with van der Waals surface area (Å²) in [5, 5.41) is 5.50. The molecule has 0 aliphatic carbocycles. The average molecular weight is 324 g/mol. The Hall–Kier alpha value is -0.680. The van der Waals surface area contributed by atoms with E-state index in [4.69, 9.17) is 5.73 Å². The molecule has 0 aliphatic rings. The monoisotopic (exact) mass is 323 g/mol. The topological polar surface area (TPSA) is 26.0 Å². The number of halogens is 1. The first-order valence-electron chi connectivity index (χ1n) is 5.22. The predicted octanol–water partition coefficient (Wildman–Crippen LogP) is 4.77. The number of fused-ring (bicyclic) bond motifs is 1. The van der Waals surface area contributed by atoms with Gasteiger partial charge in [0.15, 0.2) is 0 Å². The maximum atomic E-state index is 6.36. The van der Waals surface area contributed by atoms with Gasteiger partial charge in [-0.05, 0) is 49.8 Å². The van der Waals surface area contributed by atoms with Crippen LogP contribution in [0, 0.1) is 0 Å². The zero-order chi connectivity index (χ0) is 11.8. The standard InChI is InChI=1S/C13H10BrNS2/c14-10-5-6-16-13(10)12(15)9-7-17-11-4-2-1-3-8(9)11/h1-7,12H,15H2. The summed E-state index contributed by atoms with van der Waals surface area (Å²) in [7, 11) is 0. The van der Waals surface area contributed by atoms with E-state index in [9.17, 15) is 0 Å². The second-order valence-electron chi connectivity index (χ2n) is 3.80. The van der Waals surface area contributed by atoms with E-state index < -0.39 is 0 Å². The summed E-state index contributed by atoms with van der Waals surface area (Å²) in [5.41, 5.74) is 7.58. The van der Waals surface area contributed by atoms with Crippen molar-refractivity contribution in [1.82, 2.24) is 0 Å². The van der Waals surface area contributed by atoms with Gasteiger partial charge in [0.25, 0.3) is 0 Å². The SMILES string of the molecule is NC(c1sccc1Br)c1csc2ccccc12. The zero-order valence-corrected chi connectivity index (χ0v) is 12.1. The van der Waals surface area contributed by atoms with Crippen molar-refractivity contribution >= 4 is 48.7 Å². The van der Waals surface area contributed by atoms with Gasteiger partial charge in [0.05, 0.1) is 6.04 Å². The molecule has 86 valence electrons. The molecule has 0 aliphatic heterocycles. The first kappa shape index (κ1) is 11.4. The second kappa shape index (κ2) is 4.53. The molecule has 0 amide bonds. The van der Waals surface area contributed by atoms with Crippen LogP contribution in [0.3, 0.4) is 0 Å². The quantitative estimate of drug-likeness (QED) is 0.722. The van der Waals surface area contributed by atoms with Gasteiger partial charge in [0, 0.05) is 14.0 Å². The third-order valence-corrected chi connectivity index (χ3v) is 5.71. The molecule has 4 heteroatoms. The molecule has 0 fully saturated rings. The van der Waals surface area contributed by atoms with E-state index in [0.29, 0.717) is 0 Å². The summed E-state index contributed by atoms with van der Waals surface area (Å²) in [4.78, 5) is 1.19. The van der Waals surface area contributed by atoms with Crippen LogP contribution in [0.2, 0.25) is 0 Å². The van der Waals surface area contributed by atoms with Crippen LogP contribution in [-0.2, 0) is 0 Å². The van der Waals surface area contributed by atoms with Crippen molar-refractivity contribution in [3.8, 4) is 0 Å². The molecule has 17 heavy (non-hydrogen) atoms. The Morgan fingerprint density at radius 1 is 1.12 bits per heavy atom. The third kappa shape index (κ3) is 1.95. The molecule has 1 unspecified atom stereocenters. The molecule has 0 spiro atoms. The minimum atomic E-state index is -0.0412. The van der Waals surface area contributed by atoms with Crippen molar-refractivity contribution in [3.05, 3.63) is 56.0 Å². The number of hydrogen-bond acceptors (Lipinski definition) is 3. The fourth-order valence-electron chi connectivity index (χ4n) is 1.91. The molecule has 2 heterocycles. The summed E-state index contributed by atoms with van der Waals surface area (Å²) >= 11 is 7.00. The lowest BCUT2D eigenvalue weighted by Gasteiger charge is -2.09. The molecule has 1 aromatic carbocycles. The van der Waals surface area contributed by atoms with Crippen LogP contribution in [-0.4, -0.2) is 0 Å². The highest BCUT2D eigenvalue weighted by Crippen LogP contribution is 2.36. The Kier molecular flexibility index (Phi) is 3.04. The van der Waals surface area contributed by atoms with Crippen molar-refractivity contribution in [2.45, 2.75) is 6.04 Å². The first-order valence-corrected chi connectivity index (χ1v) is 7.77. The van der Waals surface area contributed by atoms with Gasteiger partial charge in [0.1, 0.15) is 0 Å². The van der Waals surface area contributed by atoms with E-state index in [-0.39, 0.29) is 6.04 Å². The van der Waals surface area contributed by atoms with Crippen molar-refractivity contribution in [3.63, 3.8) is 0 Å². The first-order chi connectivity index (χ1) is 8.27. The Morgan fingerprint density at radius 3 is 2.71 bits per heavy atom. The maximum absolute atomic E-state index is 6.36. The summed E-state index contributed by atoms with van der Waals surface area (Å²) in [5.74, 6) is 0. The van der Waals surface area contributed by atoms with Crippen LogP contribution in [0.25, 0.3) is 10.1 Å². The van der Waals surface area contributed by atoms with E-state index in [1.807, 2.05) is 0 Å². The maximum Gasteiger partial charge on any atom is 0.0671 e. The predicted molar refractivity (Wildman–Crippen MR) is 79.9 cm³/mol. The molecular formula is C13H10BrNS2. The van der Waals surface area contributed by atoms with Gasteiger partial charge in [-0.2, -0.15) is 0 Å². The second-order valence-corrected chi connectivity index (χ2v) is 6.51. The van der Waals surface area contributed by atoms with Gasteiger partial charge in [-0.1, -0.05) is 18.2 Å². The minimum Gasteiger partial charge on any atom is -0.320 e. The fraction of sp³-hybridized carbons (Fsp3) is 0.0769. The van der Waals surface area contributed by atoms with Crippen molar-refractivity contribution in [2.75, 3.05) is 0 Å². The Bertz CT molecular complexity index is 656. The summed E-state index contributed by atoms with van der Waals surface area (Å²) in [6.45, 7) is 0. The molecule has 2 N–H and O–H groups in total. The Labute approximate surface area is 116 Å². The number of rotatable bonds is 2. The molecule has 0 bridgehead atoms. The zero-order valence-electron chi connectivity index (χ0n) is 8.89. The van der Waals surface area contributed by atoms with Crippen LogP contribution in [0.15, 0.2) is 45.6 Å². The molecule has 2 aromatic heterocycles. The van der Waals surface area contributed by atoms with Crippen LogP contribution >= 0.6 is 38.6 Å². The lowest BCUT2D eigenvalue weighted by Crippen LogP contribution is -2.09. The van der Waals surface area contributed by atoms with Gasteiger partial charge in [-0.3, -0.25) is 0 Å². The molecule has 3 aromatic rings. The molecule has 0 radical (unpaired) electrons. The van der Waals surface area contributed by atoms with E-state index in [1.54, 1.807) is 22.7 Å². The molecule has 1 atom stereocenters. The Morgan fingerprint density at radius 2 is 1.94 bits per heavy atom. The van der Waals surface area contributed by atoms with Gasteiger partial charge >= 0.3 is 0 Å². The highest BCUT2D eigenvalue weighted by molar-refractivity contribution is 9.10. The lowest BCUT2D eigenvalue weighted by atomic mass is 10.1. The van der Waals surface area contributed by atoms with Crippen molar-refractivity contribution in [2.24, 2.45) is 5.73 Å². The summed E-state index contributed by atoms with van der Waals surface area (Å²) in [6, 6.07) is 10.4. The van der Waals surface area contributed by atoms with Crippen LogP contribution in [0.5, 0.6) is 0 Å². The van der Waals surface area contributed by atoms with E-state index in [1.165, 1.54) is 20.5 Å². The molecule has 0 saturated carbocycles. The van der Waals surface area contributed by atoms with Gasteiger partial charge in [-0.15, -0.1) is 22.7 Å². The van der Waals surface area contributed by atoms with Gasteiger partial charge in [-0.25, -0.2) is 0 Å². The molecule has 1 nitrogen and oxygen atoms in total. The van der Waals surface area contributed by atoms with Crippen LogP contribution in [0.4, 0.5) is 0 Å². The van der Waals surface area contributed by atoms with E-state index in [2.05, 4.69) is 57.0 Å². The lowest BCUT2D eigenvalue weighted by molar-refractivity contribution is 0.903. The molecular weight excluding hydrogens is 314 g/mol. The number of nitrogens with two attached hydrogens (primary N) is 1. The normalized spacial score (nSPS) is 13.1. The fourth-order valence-corrected chi connectivity index (χ4v) is 4.54. The molecule has 3 rings (SSSR count). The van der Waals surface area contributed by atoms with E-state index in [0.717, 1.165) is 4.47 Å². The van der Waals surface area contributed by atoms with Gasteiger partial charge in [0.2, 0.25) is 0 Å². The number of benzene rings is 1. The van der Waals surface area contributed by atoms with Crippen molar-refractivity contribution < 1.29 is 0 Å². The smallest absolute Gasteiger partial charge is 0.0671 e. The summed E-state index contributed by atoms with van der Waals surface area (Å²) in [6.07, 6.45) is 0. The molecule has 0 saturated heterocycles. The third-order valence-electron chi connectivity index (χ3n) is 2.77. The minimum absolute atomic E-state index is 0.0412. The van der Waals surface area contributed by atoms with Crippen molar-refractivity contribution in [1.29, 1.82) is 0 Å². The number of hydrogen-bond donors (Lipinski definition) is 1. The van der Waals surface area contributed by atoms with E-state index >= 15 is 0 Å². The Balaban J connectivity index is 2.13. The average Bonchev–Trinajstić information content (AvgIpc) is 2.94. The summed E-state index contributed by atoms with van der Waals surface area (Å²) < 4.78 is 2.40. The van der Waals surface area contributed by atoms with Crippen LogP contribution < -0.4 is 5.73 Å². The highest BCUT2D eigenvalue weighted by Gasteiger charge is 2.17. The van der Waals surface area contributed by atoms with Gasteiger partial charge < -0.3 is 5.73 Å². The largest absolute Gasteiger partial charge is 0.320 e. The van der Waals surface area contributed by atoms with Crippen LogP contribution in [0.1, 0.15) is 16.5 Å².